The summed E-state index contributed by atoms with van der Waals surface area (Å²) in [6.07, 6.45) is 3.94. The van der Waals surface area contributed by atoms with Gasteiger partial charge in [0, 0.05) is 25.5 Å². The fourth-order valence-electron chi connectivity index (χ4n) is 2.77. The predicted octanol–water partition coefficient (Wildman–Crippen LogP) is 2.03. The van der Waals surface area contributed by atoms with Gasteiger partial charge in [-0.15, -0.1) is 0 Å². The van der Waals surface area contributed by atoms with Crippen LogP contribution in [0.15, 0.2) is 36.7 Å². The SMILES string of the molecule is Cc1cc(-n2cccn2)ccc1CN(C)C[C@@H]1COCCO1. The molecular formula is C17H23N3O2. The highest BCUT2D eigenvalue weighted by atomic mass is 16.6. The van der Waals surface area contributed by atoms with E-state index >= 15 is 0 Å². The summed E-state index contributed by atoms with van der Waals surface area (Å²) in [6, 6.07) is 8.41. The van der Waals surface area contributed by atoms with Gasteiger partial charge in [0.25, 0.3) is 0 Å². The smallest absolute Gasteiger partial charge is 0.0936 e. The molecule has 2 heterocycles. The molecule has 1 aliphatic heterocycles. The van der Waals surface area contributed by atoms with E-state index in [1.807, 2.05) is 16.9 Å². The third kappa shape index (κ3) is 3.74. The molecule has 1 atom stereocenters. The molecule has 5 nitrogen and oxygen atoms in total. The number of hydrogen-bond acceptors (Lipinski definition) is 4. The summed E-state index contributed by atoms with van der Waals surface area (Å²) < 4.78 is 13.0. The van der Waals surface area contributed by atoms with Gasteiger partial charge in [-0.25, -0.2) is 4.68 Å². The van der Waals surface area contributed by atoms with Crippen LogP contribution in [0.25, 0.3) is 5.69 Å². The summed E-state index contributed by atoms with van der Waals surface area (Å²) >= 11 is 0. The Bertz CT molecular complexity index is 592. The van der Waals surface area contributed by atoms with Gasteiger partial charge in [-0.2, -0.15) is 5.10 Å². The van der Waals surface area contributed by atoms with Gasteiger partial charge in [-0.05, 0) is 43.3 Å². The number of likely N-dealkylation sites (N-methyl/N-ethyl adjacent to an activating group) is 1. The first kappa shape index (κ1) is 15.2. The zero-order chi connectivity index (χ0) is 15.4. The minimum Gasteiger partial charge on any atom is -0.376 e. The van der Waals surface area contributed by atoms with Crippen LogP contribution >= 0.6 is 0 Å². The van der Waals surface area contributed by atoms with Crippen LogP contribution in [0.5, 0.6) is 0 Å². The largest absolute Gasteiger partial charge is 0.376 e. The van der Waals surface area contributed by atoms with Crippen LogP contribution in [0.3, 0.4) is 0 Å². The van der Waals surface area contributed by atoms with E-state index in [0.717, 1.165) is 18.8 Å². The Kier molecular flexibility index (Phi) is 4.87. The highest BCUT2D eigenvalue weighted by molar-refractivity contribution is 5.39. The minimum absolute atomic E-state index is 0.183. The molecule has 1 saturated heterocycles. The maximum absolute atomic E-state index is 5.71. The predicted molar refractivity (Wildman–Crippen MR) is 85.2 cm³/mol. The summed E-state index contributed by atoms with van der Waals surface area (Å²) in [6.45, 7) is 6.06. The Hall–Kier alpha value is -1.69. The maximum Gasteiger partial charge on any atom is 0.0936 e. The molecule has 0 amide bonds. The molecule has 0 N–H and O–H groups in total. The molecule has 118 valence electrons. The first-order chi connectivity index (χ1) is 10.7. The fraction of sp³-hybridized carbons (Fsp3) is 0.471. The summed E-state index contributed by atoms with van der Waals surface area (Å²) in [5.41, 5.74) is 3.70. The standard InChI is InChI=1S/C17H23N3O2/c1-14-10-16(20-7-3-6-18-20)5-4-15(14)11-19(2)12-17-13-21-8-9-22-17/h3-7,10,17H,8-9,11-13H2,1-2H3/t17-/m1/s1. The molecule has 1 fully saturated rings. The molecule has 5 heteroatoms. The Labute approximate surface area is 131 Å². The van der Waals surface area contributed by atoms with Gasteiger partial charge in [0.15, 0.2) is 0 Å². The van der Waals surface area contributed by atoms with Crippen molar-refractivity contribution in [2.75, 3.05) is 33.4 Å². The number of rotatable bonds is 5. The molecule has 0 radical (unpaired) electrons. The van der Waals surface area contributed by atoms with Gasteiger partial charge in [-0.1, -0.05) is 6.07 Å². The summed E-state index contributed by atoms with van der Waals surface area (Å²) in [7, 11) is 2.12. The van der Waals surface area contributed by atoms with Crippen molar-refractivity contribution >= 4 is 0 Å². The first-order valence-electron chi connectivity index (χ1n) is 7.70. The van der Waals surface area contributed by atoms with E-state index in [9.17, 15) is 0 Å². The lowest BCUT2D eigenvalue weighted by atomic mass is 10.1. The summed E-state index contributed by atoms with van der Waals surface area (Å²) in [5, 5.41) is 4.27. The van der Waals surface area contributed by atoms with E-state index < -0.39 is 0 Å². The number of aromatic nitrogens is 2. The van der Waals surface area contributed by atoms with Gasteiger partial charge in [0.2, 0.25) is 0 Å². The van der Waals surface area contributed by atoms with Gasteiger partial charge in [0.05, 0.1) is 31.6 Å². The Balaban J connectivity index is 1.62. The molecular weight excluding hydrogens is 278 g/mol. The van der Waals surface area contributed by atoms with Gasteiger partial charge in [-0.3, -0.25) is 4.90 Å². The van der Waals surface area contributed by atoms with Crippen LogP contribution in [-0.4, -0.2) is 54.2 Å². The molecule has 22 heavy (non-hydrogen) atoms. The molecule has 0 unspecified atom stereocenters. The number of hydrogen-bond donors (Lipinski definition) is 0. The van der Waals surface area contributed by atoms with Crippen LogP contribution in [0.2, 0.25) is 0 Å². The number of nitrogens with zero attached hydrogens (tertiary/aromatic N) is 3. The van der Waals surface area contributed by atoms with E-state index in [0.29, 0.717) is 19.8 Å². The monoisotopic (exact) mass is 301 g/mol. The summed E-state index contributed by atoms with van der Waals surface area (Å²) in [5.74, 6) is 0. The molecule has 1 aromatic carbocycles. The van der Waals surface area contributed by atoms with Crippen LogP contribution < -0.4 is 0 Å². The Morgan fingerprint density at radius 2 is 2.27 bits per heavy atom. The lowest BCUT2D eigenvalue weighted by Crippen LogP contribution is -2.38. The van der Waals surface area contributed by atoms with Crippen LogP contribution in [0, 0.1) is 6.92 Å². The first-order valence-corrected chi connectivity index (χ1v) is 7.70. The quantitative estimate of drug-likeness (QED) is 0.847. The Morgan fingerprint density at radius 1 is 1.36 bits per heavy atom. The van der Waals surface area contributed by atoms with E-state index in [2.05, 4.69) is 42.2 Å². The van der Waals surface area contributed by atoms with Crippen molar-refractivity contribution < 1.29 is 9.47 Å². The zero-order valence-electron chi connectivity index (χ0n) is 13.2. The highest BCUT2D eigenvalue weighted by Gasteiger charge is 2.16. The van der Waals surface area contributed by atoms with E-state index in [1.165, 1.54) is 11.1 Å². The Morgan fingerprint density at radius 3 is 2.95 bits per heavy atom. The van der Waals surface area contributed by atoms with E-state index in [-0.39, 0.29) is 6.10 Å². The molecule has 0 spiro atoms. The zero-order valence-corrected chi connectivity index (χ0v) is 13.2. The van der Waals surface area contributed by atoms with Gasteiger partial charge in [0.1, 0.15) is 0 Å². The molecule has 0 saturated carbocycles. The number of benzene rings is 1. The van der Waals surface area contributed by atoms with Crippen molar-refractivity contribution in [3.63, 3.8) is 0 Å². The van der Waals surface area contributed by atoms with E-state index in [4.69, 9.17) is 9.47 Å². The fourth-order valence-corrected chi connectivity index (χ4v) is 2.77. The van der Waals surface area contributed by atoms with Crippen molar-refractivity contribution in [3.8, 4) is 5.69 Å². The van der Waals surface area contributed by atoms with Gasteiger partial charge < -0.3 is 9.47 Å². The average Bonchev–Trinajstić information content (AvgIpc) is 3.04. The highest BCUT2D eigenvalue weighted by Crippen LogP contribution is 2.16. The van der Waals surface area contributed by atoms with Gasteiger partial charge >= 0.3 is 0 Å². The number of aryl methyl sites for hydroxylation is 1. The minimum atomic E-state index is 0.183. The van der Waals surface area contributed by atoms with Crippen molar-refractivity contribution in [1.82, 2.24) is 14.7 Å². The van der Waals surface area contributed by atoms with Crippen LogP contribution in [-0.2, 0) is 16.0 Å². The second-order valence-corrected chi connectivity index (χ2v) is 5.83. The van der Waals surface area contributed by atoms with Crippen LogP contribution in [0.1, 0.15) is 11.1 Å². The third-order valence-electron chi connectivity index (χ3n) is 3.94. The normalized spacial score (nSPS) is 18.8. The molecule has 1 aromatic heterocycles. The second kappa shape index (κ2) is 7.05. The van der Waals surface area contributed by atoms with Crippen molar-refractivity contribution in [1.29, 1.82) is 0 Å². The maximum atomic E-state index is 5.71. The topological polar surface area (TPSA) is 39.5 Å². The molecule has 1 aliphatic rings. The lowest BCUT2D eigenvalue weighted by Gasteiger charge is -2.27. The summed E-state index contributed by atoms with van der Waals surface area (Å²) in [4.78, 5) is 2.29. The molecule has 2 aromatic rings. The lowest BCUT2D eigenvalue weighted by molar-refractivity contribution is -0.0962. The molecule has 0 bridgehead atoms. The van der Waals surface area contributed by atoms with Crippen molar-refractivity contribution in [2.24, 2.45) is 0 Å². The average molecular weight is 301 g/mol. The van der Waals surface area contributed by atoms with Crippen molar-refractivity contribution in [3.05, 3.63) is 47.8 Å². The molecule has 3 rings (SSSR count). The van der Waals surface area contributed by atoms with Crippen molar-refractivity contribution in [2.45, 2.75) is 19.6 Å². The second-order valence-electron chi connectivity index (χ2n) is 5.83. The molecule has 0 aliphatic carbocycles. The third-order valence-corrected chi connectivity index (χ3v) is 3.94. The van der Waals surface area contributed by atoms with E-state index in [1.54, 1.807) is 6.20 Å². The number of ether oxygens (including phenoxy) is 2. The van der Waals surface area contributed by atoms with Crippen LogP contribution in [0.4, 0.5) is 0 Å².